The van der Waals surface area contributed by atoms with Gasteiger partial charge in [-0.15, -0.1) is 11.3 Å². The Hall–Kier alpha value is -1.94. The Bertz CT molecular complexity index is 663. The van der Waals surface area contributed by atoms with Crippen molar-refractivity contribution in [3.8, 4) is 0 Å². The molecule has 0 aliphatic rings. The number of nitrogens with zero attached hydrogens (tertiary/aromatic N) is 1. The lowest BCUT2D eigenvalue weighted by molar-refractivity contribution is 0.584. The maximum atomic E-state index is 12.9. The van der Waals surface area contributed by atoms with Crippen LogP contribution in [0.2, 0.25) is 0 Å². The van der Waals surface area contributed by atoms with Crippen molar-refractivity contribution in [2.75, 3.05) is 5.32 Å². The molecule has 0 radical (unpaired) electrons. The van der Waals surface area contributed by atoms with Crippen LogP contribution >= 0.6 is 11.3 Å². The number of fused-ring (bicyclic) bond motifs is 1. The fraction of sp³-hybridized carbons (Fsp3) is 0. The monoisotopic (exact) mass is 244 g/mol. The molecule has 0 aliphatic heterocycles. The van der Waals surface area contributed by atoms with Crippen LogP contribution in [0.4, 0.5) is 15.8 Å². The van der Waals surface area contributed by atoms with Crippen LogP contribution in [-0.2, 0) is 0 Å². The summed E-state index contributed by atoms with van der Waals surface area (Å²) in [6.45, 7) is 0. The summed E-state index contributed by atoms with van der Waals surface area (Å²) in [6, 6.07) is 11.3. The Balaban J connectivity index is 1.94. The maximum Gasteiger partial charge on any atom is 0.214 e. The summed E-state index contributed by atoms with van der Waals surface area (Å²) in [4.78, 5) is 3.52. The van der Waals surface area contributed by atoms with Gasteiger partial charge in [0.1, 0.15) is 0 Å². The highest BCUT2D eigenvalue weighted by Crippen LogP contribution is 2.25. The zero-order valence-electron chi connectivity index (χ0n) is 8.85. The van der Waals surface area contributed by atoms with Gasteiger partial charge in [0.05, 0.1) is 0 Å². The number of aromatic nitrogens is 1. The van der Waals surface area contributed by atoms with Gasteiger partial charge in [0.25, 0.3) is 0 Å². The largest absolute Gasteiger partial charge is 0.355 e. The van der Waals surface area contributed by atoms with Gasteiger partial charge in [-0.05, 0) is 41.1 Å². The van der Waals surface area contributed by atoms with Crippen LogP contribution in [-0.4, -0.2) is 4.98 Å². The molecule has 2 aromatic heterocycles. The molecular weight excluding hydrogens is 235 g/mol. The molecule has 0 saturated heterocycles. The Morgan fingerprint density at radius 3 is 2.82 bits per heavy atom. The second-order valence-electron chi connectivity index (χ2n) is 3.67. The summed E-state index contributed by atoms with van der Waals surface area (Å²) in [5.41, 5.74) is 1.65. The quantitative estimate of drug-likeness (QED) is 0.684. The molecule has 0 bridgehead atoms. The van der Waals surface area contributed by atoms with E-state index in [4.69, 9.17) is 0 Å². The molecule has 2 heterocycles. The van der Waals surface area contributed by atoms with E-state index in [1.807, 2.05) is 12.1 Å². The molecular formula is C13H9FN2S. The summed E-state index contributed by atoms with van der Waals surface area (Å²) in [6.07, 6.45) is 1.45. The van der Waals surface area contributed by atoms with Gasteiger partial charge >= 0.3 is 0 Å². The molecule has 17 heavy (non-hydrogen) atoms. The van der Waals surface area contributed by atoms with Crippen LogP contribution in [0.5, 0.6) is 0 Å². The zero-order chi connectivity index (χ0) is 11.7. The van der Waals surface area contributed by atoms with Crippen molar-refractivity contribution in [2.45, 2.75) is 0 Å². The average Bonchev–Trinajstić information content (AvgIpc) is 2.76. The van der Waals surface area contributed by atoms with Gasteiger partial charge < -0.3 is 5.32 Å². The predicted octanol–water partition coefficient (Wildman–Crippen LogP) is 4.18. The smallest absolute Gasteiger partial charge is 0.214 e. The van der Waals surface area contributed by atoms with Gasteiger partial charge in [-0.1, -0.05) is 0 Å². The molecule has 0 amide bonds. The van der Waals surface area contributed by atoms with E-state index < -0.39 is 5.95 Å². The van der Waals surface area contributed by atoms with Gasteiger partial charge in [-0.3, -0.25) is 0 Å². The van der Waals surface area contributed by atoms with Crippen LogP contribution in [0, 0.1) is 5.95 Å². The van der Waals surface area contributed by atoms with Crippen molar-refractivity contribution in [2.24, 2.45) is 0 Å². The van der Waals surface area contributed by atoms with Crippen molar-refractivity contribution >= 4 is 32.8 Å². The van der Waals surface area contributed by atoms with Crippen LogP contribution in [0.1, 0.15) is 0 Å². The van der Waals surface area contributed by atoms with Gasteiger partial charge in [-0.2, -0.15) is 4.39 Å². The van der Waals surface area contributed by atoms with E-state index in [-0.39, 0.29) is 0 Å². The minimum atomic E-state index is -0.480. The molecule has 0 aliphatic carbocycles. The van der Waals surface area contributed by atoms with Gasteiger partial charge in [0.2, 0.25) is 5.95 Å². The van der Waals surface area contributed by atoms with Gasteiger partial charge in [0, 0.05) is 28.3 Å². The summed E-state index contributed by atoms with van der Waals surface area (Å²) in [5.74, 6) is -0.480. The van der Waals surface area contributed by atoms with Crippen molar-refractivity contribution in [1.29, 1.82) is 0 Å². The maximum absolute atomic E-state index is 12.9. The van der Waals surface area contributed by atoms with Gasteiger partial charge in [-0.25, -0.2) is 4.98 Å². The normalized spacial score (nSPS) is 10.6. The third-order valence-corrected chi connectivity index (χ3v) is 3.37. The lowest BCUT2D eigenvalue weighted by Gasteiger charge is -2.06. The van der Waals surface area contributed by atoms with Gasteiger partial charge in [0.15, 0.2) is 0 Å². The van der Waals surface area contributed by atoms with E-state index in [1.165, 1.54) is 22.3 Å². The Morgan fingerprint density at radius 1 is 1.06 bits per heavy atom. The number of thiophene rings is 1. The molecule has 0 saturated carbocycles. The molecule has 1 aromatic carbocycles. The van der Waals surface area contributed by atoms with E-state index in [1.54, 1.807) is 17.4 Å². The molecule has 3 aromatic rings. The summed E-state index contributed by atoms with van der Waals surface area (Å²) in [7, 11) is 0. The Morgan fingerprint density at radius 2 is 1.94 bits per heavy atom. The summed E-state index contributed by atoms with van der Waals surface area (Å²) in [5, 5.41) is 6.40. The second-order valence-corrected chi connectivity index (χ2v) is 4.61. The summed E-state index contributed by atoms with van der Waals surface area (Å²) < 4.78 is 14.2. The highest BCUT2D eigenvalue weighted by atomic mass is 32.1. The molecule has 2 nitrogen and oxygen atoms in total. The standard InChI is InChI=1S/C13H9FN2S/c14-13-8-11(3-5-15-13)16-10-1-2-12-9(7-10)4-6-17-12/h1-8H,(H,15,16). The van der Waals surface area contributed by atoms with E-state index in [0.29, 0.717) is 5.69 Å². The first-order valence-corrected chi connectivity index (χ1v) is 6.05. The van der Waals surface area contributed by atoms with Crippen LogP contribution in [0.3, 0.4) is 0 Å². The topological polar surface area (TPSA) is 24.9 Å². The van der Waals surface area contributed by atoms with Crippen LogP contribution < -0.4 is 5.32 Å². The highest BCUT2D eigenvalue weighted by Gasteiger charge is 1.99. The summed E-state index contributed by atoms with van der Waals surface area (Å²) >= 11 is 1.71. The molecule has 4 heteroatoms. The second kappa shape index (κ2) is 4.14. The molecule has 1 N–H and O–H groups in total. The van der Waals surface area contributed by atoms with Crippen molar-refractivity contribution in [3.63, 3.8) is 0 Å². The molecule has 84 valence electrons. The predicted molar refractivity (Wildman–Crippen MR) is 69.3 cm³/mol. The number of pyridine rings is 1. The first kappa shape index (κ1) is 10.2. The van der Waals surface area contributed by atoms with Crippen molar-refractivity contribution in [3.05, 3.63) is 53.9 Å². The fourth-order valence-corrected chi connectivity index (χ4v) is 2.46. The Kier molecular flexibility index (Phi) is 2.49. The first-order valence-electron chi connectivity index (χ1n) is 5.17. The fourth-order valence-electron chi connectivity index (χ4n) is 1.69. The van der Waals surface area contributed by atoms with E-state index >= 15 is 0 Å². The Labute approximate surface area is 102 Å². The lowest BCUT2D eigenvalue weighted by atomic mass is 10.2. The zero-order valence-corrected chi connectivity index (χ0v) is 9.67. The number of benzene rings is 1. The number of anilines is 2. The molecule has 0 fully saturated rings. The third-order valence-electron chi connectivity index (χ3n) is 2.47. The molecule has 3 rings (SSSR count). The van der Waals surface area contributed by atoms with E-state index in [0.717, 1.165) is 5.69 Å². The number of hydrogen-bond acceptors (Lipinski definition) is 3. The number of halogens is 1. The highest BCUT2D eigenvalue weighted by molar-refractivity contribution is 7.17. The van der Waals surface area contributed by atoms with Crippen LogP contribution in [0.25, 0.3) is 10.1 Å². The third kappa shape index (κ3) is 2.12. The van der Waals surface area contributed by atoms with E-state index in [9.17, 15) is 4.39 Å². The lowest BCUT2D eigenvalue weighted by Crippen LogP contribution is -1.91. The minimum absolute atomic E-state index is 0.480. The number of nitrogens with one attached hydrogen (secondary N) is 1. The molecule has 0 unspecified atom stereocenters. The number of hydrogen-bond donors (Lipinski definition) is 1. The van der Waals surface area contributed by atoms with Crippen LogP contribution in [0.15, 0.2) is 48.0 Å². The van der Waals surface area contributed by atoms with Crippen molar-refractivity contribution in [1.82, 2.24) is 4.98 Å². The average molecular weight is 244 g/mol. The first-order chi connectivity index (χ1) is 8.31. The molecule has 0 atom stereocenters. The molecule has 0 spiro atoms. The minimum Gasteiger partial charge on any atom is -0.355 e. The number of rotatable bonds is 2. The SMILES string of the molecule is Fc1cc(Nc2ccc3sccc3c2)ccn1. The van der Waals surface area contributed by atoms with E-state index in [2.05, 4.69) is 27.8 Å². The van der Waals surface area contributed by atoms with Crippen molar-refractivity contribution < 1.29 is 4.39 Å².